The third-order valence-corrected chi connectivity index (χ3v) is 4.42. The van der Waals surface area contributed by atoms with Crippen molar-refractivity contribution in [3.05, 3.63) is 52.0 Å². The molecule has 0 saturated carbocycles. The van der Waals surface area contributed by atoms with Crippen molar-refractivity contribution in [1.29, 1.82) is 0 Å². The van der Waals surface area contributed by atoms with Crippen molar-refractivity contribution in [3.63, 3.8) is 0 Å². The van der Waals surface area contributed by atoms with Crippen LogP contribution in [0.1, 0.15) is 18.2 Å². The predicted molar refractivity (Wildman–Crippen MR) is 82.8 cm³/mol. The maximum Gasteiger partial charge on any atom is 0.163 e. The highest BCUT2D eigenvalue weighted by molar-refractivity contribution is 6.37. The lowest BCUT2D eigenvalue weighted by molar-refractivity contribution is 0.139. The fourth-order valence-electron chi connectivity index (χ4n) is 2.57. The van der Waals surface area contributed by atoms with Gasteiger partial charge < -0.3 is 10.1 Å². The zero-order valence-corrected chi connectivity index (χ0v) is 13.4. The molecule has 0 bridgehead atoms. The predicted octanol–water partition coefficient (Wildman–Crippen LogP) is 3.79. The molecule has 23 heavy (non-hydrogen) atoms. The van der Waals surface area contributed by atoms with Gasteiger partial charge in [-0.25, -0.2) is 8.78 Å². The second kappa shape index (κ2) is 6.95. The Morgan fingerprint density at radius 2 is 1.96 bits per heavy atom. The van der Waals surface area contributed by atoms with Gasteiger partial charge in [0.05, 0.1) is 11.9 Å². The minimum atomic E-state index is -0.925. The maximum atomic E-state index is 13.7. The van der Waals surface area contributed by atoms with Crippen molar-refractivity contribution in [2.45, 2.75) is 12.5 Å². The fourth-order valence-corrected chi connectivity index (χ4v) is 3.01. The molecule has 2 heterocycles. The van der Waals surface area contributed by atoms with Gasteiger partial charge in [0.1, 0.15) is 27.8 Å². The van der Waals surface area contributed by atoms with E-state index in [1.807, 2.05) is 0 Å². The first-order valence-electron chi connectivity index (χ1n) is 7.04. The monoisotopic (exact) mass is 359 g/mol. The standard InChI is InChI=1S/C15H13Cl2F2N3O/c16-12-9(18)5-10(19)13(17)15(12)23-14(8-1-2-20-6-8)11-7-21-3-4-22-11/h3-5,7-8,14,20H,1-2,6H2/t8-,14+/m0/s1. The second-order valence-electron chi connectivity index (χ2n) is 5.22. The minimum Gasteiger partial charge on any atom is -0.480 e. The third kappa shape index (κ3) is 3.39. The summed E-state index contributed by atoms with van der Waals surface area (Å²) in [6.45, 7) is 1.51. The molecule has 1 saturated heterocycles. The maximum absolute atomic E-state index is 13.7. The normalized spacial score (nSPS) is 18.9. The summed E-state index contributed by atoms with van der Waals surface area (Å²) in [6.07, 6.45) is 4.89. The van der Waals surface area contributed by atoms with Crippen LogP contribution in [0.25, 0.3) is 0 Å². The van der Waals surface area contributed by atoms with Crippen LogP contribution < -0.4 is 10.1 Å². The van der Waals surface area contributed by atoms with Crippen molar-refractivity contribution in [2.24, 2.45) is 5.92 Å². The number of nitrogens with zero attached hydrogens (tertiary/aromatic N) is 2. The molecule has 2 atom stereocenters. The molecule has 2 aromatic rings. The molecule has 4 nitrogen and oxygen atoms in total. The number of rotatable bonds is 4. The Morgan fingerprint density at radius 1 is 1.22 bits per heavy atom. The Kier molecular flexibility index (Phi) is 4.94. The van der Waals surface area contributed by atoms with E-state index in [4.69, 9.17) is 27.9 Å². The highest BCUT2D eigenvalue weighted by Gasteiger charge is 2.31. The van der Waals surface area contributed by atoms with Gasteiger partial charge in [0.15, 0.2) is 5.75 Å². The SMILES string of the molecule is Fc1cc(F)c(Cl)c(O[C@@H](c2cnccn2)[C@H]2CCNC2)c1Cl. The van der Waals surface area contributed by atoms with Gasteiger partial charge in [-0.2, -0.15) is 0 Å². The zero-order chi connectivity index (χ0) is 16.4. The number of benzene rings is 1. The largest absolute Gasteiger partial charge is 0.480 e. The Labute approximate surface area is 141 Å². The van der Waals surface area contributed by atoms with E-state index in [1.165, 1.54) is 12.4 Å². The van der Waals surface area contributed by atoms with Crippen LogP contribution in [0, 0.1) is 17.6 Å². The topological polar surface area (TPSA) is 47.0 Å². The van der Waals surface area contributed by atoms with Gasteiger partial charge in [0, 0.05) is 30.9 Å². The highest BCUT2D eigenvalue weighted by Crippen LogP contribution is 2.41. The molecule has 1 fully saturated rings. The summed E-state index contributed by atoms with van der Waals surface area (Å²) >= 11 is 11.8. The minimum absolute atomic E-state index is 0.0603. The summed E-state index contributed by atoms with van der Waals surface area (Å²) < 4.78 is 33.2. The zero-order valence-electron chi connectivity index (χ0n) is 11.9. The van der Waals surface area contributed by atoms with Gasteiger partial charge in [-0.1, -0.05) is 23.2 Å². The lowest BCUT2D eigenvalue weighted by atomic mass is 9.99. The van der Waals surface area contributed by atoms with Crippen LogP contribution in [-0.2, 0) is 0 Å². The number of ether oxygens (including phenoxy) is 1. The van der Waals surface area contributed by atoms with Crippen molar-refractivity contribution in [3.8, 4) is 5.75 Å². The van der Waals surface area contributed by atoms with Crippen LogP contribution in [0.2, 0.25) is 10.0 Å². The number of hydrogen-bond donors (Lipinski definition) is 1. The lowest BCUT2D eigenvalue weighted by Gasteiger charge is -2.24. The number of aromatic nitrogens is 2. The third-order valence-electron chi connectivity index (χ3n) is 3.72. The Hall–Kier alpha value is -1.50. The van der Waals surface area contributed by atoms with Gasteiger partial charge in [-0.15, -0.1) is 0 Å². The van der Waals surface area contributed by atoms with Gasteiger partial charge in [-0.05, 0) is 13.0 Å². The highest BCUT2D eigenvalue weighted by atomic mass is 35.5. The lowest BCUT2D eigenvalue weighted by Crippen LogP contribution is -2.23. The van der Waals surface area contributed by atoms with Crippen LogP contribution in [0.4, 0.5) is 8.78 Å². The van der Waals surface area contributed by atoms with Crippen LogP contribution in [0.3, 0.4) is 0 Å². The van der Waals surface area contributed by atoms with E-state index in [1.54, 1.807) is 6.20 Å². The van der Waals surface area contributed by atoms with E-state index < -0.39 is 17.7 Å². The Morgan fingerprint density at radius 3 is 2.52 bits per heavy atom. The molecule has 1 N–H and O–H groups in total. The van der Waals surface area contributed by atoms with E-state index in [0.717, 1.165) is 13.0 Å². The van der Waals surface area contributed by atoms with Crippen molar-refractivity contribution >= 4 is 23.2 Å². The summed E-state index contributed by atoms with van der Waals surface area (Å²) in [5, 5.41) is 2.52. The molecule has 1 aromatic heterocycles. The van der Waals surface area contributed by atoms with Crippen molar-refractivity contribution in [2.75, 3.05) is 13.1 Å². The molecular weight excluding hydrogens is 347 g/mol. The molecule has 0 unspecified atom stereocenters. The van der Waals surface area contributed by atoms with Crippen LogP contribution in [0.5, 0.6) is 5.75 Å². The smallest absolute Gasteiger partial charge is 0.163 e. The first kappa shape index (κ1) is 16.4. The first-order valence-corrected chi connectivity index (χ1v) is 7.79. The average Bonchev–Trinajstić information content (AvgIpc) is 3.08. The van der Waals surface area contributed by atoms with E-state index >= 15 is 0 Å². The summed E-state index contributed by atoms with van der Waals surface area (Å²) in [6, 6.07) is 0.631. The molecule has 1 aromatic carbocycles. The fraction of sp³-hybridized carbons (Fsp3) is 0.333. The molecule has 0 spiro atoms. The molecule has 1 aliphatic heterocycles. The summed E-state index contributed by atoms with van der Waals surface area (Å²) in [5.74, 6) is -2.00. The summed E-state index contributed by atoms with van der Waals surface area (Å²) in [5.41, 5.74) is 0.554. The average molecular weight is 360 g/mol. The Balaban J connectivity index is 1.99. The van der Waals surface area contributed by atoms with Gasteiger partial charge >= 0.3 is 0 Å². The van der Waals surface area contributed by atoms with Crippen molar-refractivity contribution in [1.82, 2.24) is 15.3 Å². The summed E-state index contributed by atoms with van der Waals surface area (Å²) in [4.78, 5) is 8.26. The summed E-state index contributed by atoms with van der Waals surface area (Å²) in [7, 11) is 0. The first-order chi connectivity index (χ1) is 11.1. The van der Waals surface area contributed by atoms with Gasteiger partial charge in [-0.3, -0.25) is 9.97 Å². The molecule has 1 aliphatic rings. The van der Waals surface area contributed by atoms with E-state index in [0.29, 0.717) is 18.3 Å². The van der Waals surface area contributed by atoms with Crippen LogP contribution >= 0.6 is 23.2 Å². The van der Waals surface area contributed by atoms with Gasteiger partial charge in [0.2, 0.25) is 0 Å². The van der Waals surface area contributed by atoms with E-state index in [2.05, 4.69) is 15.3 Å². The quantitative estimate of drug-likeness (QED) is 0.843. The molecule has 0 aliphatic carbocycles. The molecule has 0 amide bonds. The molecule has 0 radical (unpaired) electrons. The van der Waals surface area contributed by atoms with Crippen LogP contribution in [-0.4, -0.2) is 23.1 Å². The number of halogens is 4. The Bertz CT molecular complexity index is 671. The molecule has 122 valence electrons. The number of nitrogens with one attached hydrogen (secondary N) is 1. The van der Waals surface area contributed by atoms with E-state index in [-0.39, 0.29) is 21.7 Å². The van der Waals surface area contributed by atoms with E-state index in [9.17, 15) is 8.78 Å². The molecule has 8 heteroatoms. The second-order valence-corrected chi connectivity index (χ2v) is 5.97. The van der Waals surface area contributed by atoms with Crippen molar-refractivity contribution < 1.29 is 13.5 Å². The number of hydrogen-bond acceptors (Lipinski definition) is 4. The molecule has 3 rings (SSSR count). The van der Waals surface area contributed by atoms with Gasteiger partial charge in [0.25, 0.3) is 0 Å². The van der Waals surface area contributed by atoms with Crippen LogP contribution in [0.15, 0.2) is 24.7 Å². The molecular formula is C15H13Cl2F2N3O.